The topological polar surface area (TPSA) is 105 Å². The van der Waals surface area contributed by atoms with E-state index in [4.69, 9.17) is 0 Å². The fourth-order valence-electron chi connectivity index (χ4n) is 1.93. The van der Waals surface area contributed by atoms with Gasteiger partial charge < -0.3 is 5.32 Å². The monoisotopic (exact) mass is 351 g/mol. The molecule has 2 aromatic heterocycles. The summed E-state index contributed by atoms with van der Waals surface area (Å²) in [4.78, 5) is 15.8. The molecule has 10 heteroatoms. The minimum atomic E-state index is -3.79. The van der Waals surface area contributed by atoms with Crippen LogP contribution in [0.2, 0.25) is 0 Å². The van der Waals surface area contributed by atoms with Crippen molar-refractivity contribution in [1.29, 1.82) is 0 Å². The number of thiazole rings is 1. The van der Waals surface area contributed by atoms with E-state index in [1.165, 1.54) is 42.5 Å². The molecule has 23 heavy (non-hydrogen) atoms. The van der Waals surface area contributed by atoms with Crippen molar-refractivity contribution in [1.82, 2.24) is 14.6 Å². The van der Waals surface area contributed by atoms with Crippen molar-refractivity contribution in [2.24, 2.45) is 0 Å². The summed E-state index contributed by atoms with van der Waals surface area (Å²) in [7, 11) is -3.79. The Labute approximate surface area is 136 Å². The second kappa shape index (κ2) is 5.63. The lowest BCUT2D eigenvalue weighted by Gasteiger charge is -2.06. The van der Waals surface area contributed by atoms with Crippen LogP contribution >= 0.6 is 11.3 Å². The second-order valence-corrected chi connectivity index (χ2v) is 7.34. The van der Waals surface area contributed by atoms with Crippen LogP contribution in [0.25, 0.3) is 4.96 Å². The lowest BCUT2D eigenvalue weighted by atomic mass is 10.3. The molecule has 0 aliphatic carbocycles. The molecular weight excluding hydrogens is 338 g/mol. The molecule has 1 amide bonds. The van der Waals surface area contributed by atoms with Crippen molar-refractivity contribution >= 4 is 43.9 Å². The number of sulfonamides is 1. The zero-order chi connectivity index (χ0) is 16.6. The molecule has 0 aliphatic heterocycles. The van der Waals surface area contributed by atoms with Crippen LogP contribution in [-0.4, -0.2) is 28.9 Å². The van der Waals surface area contributed by atoms with E-state index in [0.717, 1.165) is 5.69 Å². The van der Waals surface area contributed by atoms with Crippen LogP contribution in [0.5, 0.6) is 0 Å². The van der Waals surface area contributed by atoms with Crippen molar-refractivity contribution in [3.05, 3.63) is 35.3 Å². The van der Waals surface area contributed by atoms with Gasteiger partial charge >= 0.3 is 0 Å². The maximum Gasteiger partial charge on any atom is 0.264 e. The zero-order valence-electron chi connectivity index (χ0n) is 12.3. The summed E-state index contributed by atoms with van der Waals surface area (Å²) in [6, 6.07) is 5.83. The molecule has 0 saturated heterocycles. The highest BCUT2D eigenvalue weighted by molar-refractivity contribution is 7.92. The predicted molar refractivity (Wildman–Crippen MR) is 87.2 cm³/mol. The molecular formula is C13H13N5O3S2. The van der Waals surface area contributed by atoms with Gasteiger partial charge in [-0.2, -0.15) is 4.98 Å². The molecule has 2 N–H and O–H groups in total. The average Bonchev–Trinajstić information content (AvgIpc) is 3.00. The number of benzene rings is 1. The Morgan fingerprint density at radius 2 is 1.96 bits per heavy atom. The first kappa shape index (κ1) is 15.4. The maximum absolute atomic E-state index is 12.3. The van der Waals surface area contributed by atoms with Gasteiger partial charge in [0.25, 0.3) is 16.0 Å². The summed E-state index contributed by atoms with van der Waals surface area (Å²) in [5.41, 5.74) is 1.40. The van der Waals surface area contributed by atoms with Crippen LogP contribution in [0.4, 0.5) is 11.6 Å². The molecule has 1 aromatic carbocycles. The molecule has 0 atom stereocenters. The number of nitrogens with one attached hydrogen (secondary N) is 2. The van der Waals surface area contributed by atoms with Crippen LogP contribution in [0, 0.1) is 6.92 Å². The van der Waals surface area contributed by atoms with Gasteiger partial charge in [0, 0.05) is 18.0 Å². The number of carbonyl (C=O) groups excluding carboxylic acids is 1. The first-order valence-electron chi connectivity index (χ1n) is 6.56. The molecule has 2 heterocycles. The third kappa shape index (κ3) is 3.17. The van der Waals surface area contributed by atoms with E-state index >= 15 is 0 Å². The third-order valence-electron chi connectivity index (χ3n) is 2.96. The van der Waals surface area contributed by atoms with Crippen molar-refractivity contribution in [3.63, 3.8) is 0 Å². The number of carbonyl (C=O) groups is 1. The first-order valence-corrected chi connectivity index (χ1v) is 8.93. The molecule has 0 radical (unpaired) electrons. The minimum absolute atomic E-state index is 0.0193. The van der Waals surface area contributed by atoms with Gasteiger partial charge in [0.2, 0.25) is 10.9 Å². The van der Waals surface area contributed by atoms with Crippen molar-refractivity contribution in [3.8, 4) is 0 Å². The average molecular weight is 351 g/mol. The van der Waals surface area contributed by atoms with Gasteiger partial charge in [-0.3, -0.25) is 4.79 Å². The number of anilines is 2. The highest BCUT2D eigenvalue weighted by Gasteiger charge is 2.17. The third-order valence-corrected chi connectivity index (χ3v) is 5.24. The zero-order valence-corrected chi connectivity index (χ0v) is 13.9. The predicted octanol–water partition coefficient (Wildman–Crippen LogP) is 1.86. The van der Waals surface area contributed by atoms with Crippen molar-refractivity contribution < 1.29 is 13.2 Å². The van der Waals surface area contributed by atoms with Gasteiger partial charge in [-0.25, -0.2) is 17.7 Å². The molecule has 0 fully saturated rings. The maximum atomic E-state index is 12.3. The smallest absolute Gasteiger partial charge is 0.264 e. The number of hydrogen-bond donors (Lipinski definition) is 2. The van der Waals surface area contributed by atoms with E-state index in [1.54, 1.807) is 4.52 Å². The highest BCUT2D eigenvalue weighted by atomic mass is 32.2. The molecule has 3 aromatic rings. The Balaban J connectivity index is 1.84. The SMILES string of the molecule is CC(=O)Nc1ccc(S(=O)(=O)Nc2nc3scc(C)n3n2)cc1. The largest absolute Gasteiger partial charge is 0.326 e. The second-order valence-electron chi connectivity index (χ2n) is 4.82. The molecule has 3 rings (SSSR count). The molecule has 0 saturated carbocycles. The summed E-state index contributed by atoms with van der Waals surface area (Å²) in [5, 5.41) is 8.56. The molecule has 0 spiro atoms. The van der Waals surface area contributed by atoms with Crippen molar-refractivity contribution in [2.45, 2.75) is 18.7 Å². The van der Waals surface area contributed by atoms with Gasteiger partial charge in [-0.1, -0.05) is 0 Å². The lowest BCUT2D eigenvalue weighted by Crippen LogP contribution is -2.14. The Kier molecular flexibility index (Phi) is 3.78. The lowest BCUT2D eigenvalue weighted by molar-refractivity contribution is -0.114. The summed E-state index contributed by atoms with van der Waals surface area (Å²) in [6.07, 6.45) is 0. The molecule has 8 nitrogen and oxygen atoms in total. The van der Waals surface area contributed by atoms with Gasteiger partial charge in [-0.05, 0) is 31.2 Å². The number of amides is 1. The first-order chi connectivity index (χ1) is 10.8. The van der Waals surface area contributed by atoms with Crippen LogP contribution in [-0.2, 0) is 14.8 Å². The van der Waals surface area contributed by atoms with Crippen LogP contribution in [0.3, 0.4) is 0 Å². The van der Waals surface area contributed by atoms with E-state index in [1.807, 2.05) is 12.3 Å². The fourth-order valence-corrected chi connectivity index (χ4v) is 3.67. The van der Waals surface area contributed by atoms with E-state index < -0.39 is 10.0 Å². The number of rotatable bonds is 4. The fraction of sp³-hybridized carbons (Fsp3) is 0.154. The van der Waals surface area contributed by atoms with Gasteiger partial charge in [0.05, 0.1) is 10.6 Å². The molecule has 0 unspecified atom stereocenters. The van der Waals surface area contributed by atoms with Crippen LogP contribution in [0.15, 0.2) is 34.5 Å². The normalized spacial score (nSPS) is 11.6. The Hall–Kier alpha value is -2.46. The number of aryl methyl sites for hydroxylation is 1. The quantitative estimate of drug-likeness (QED) is 0.746. The standard InChI is InChI=1S/C13H13N5O3S2/c1-8-7-22-13-15-12(16-18(8)13)17-23(20,21)11-5-3-10(4-6-11)14-9(2)19/h3-7H,1-2H3,(H,14,19)(H,16,17). The Morgan fingerprint density at radius 3 is 2.57 bits per heavy atom. The van der Waals surface area contributed by atoms with Gasteiger partial charge in [-0.15, -0.1) is 16.4 Å². The van der Waals surface area contributed by atoms with E-state index in [0.29, 0.717) is 10.6 Å². The molecule has 0 bridgehead atoms. The van der Waals surface area contributed by atoms with Crippen molar-refractivity contribution in [2.75, 3.05) is 10.0 Å². The minimum Gasteiger partial charge on any atom is -0.326 e. The number of fused-ring (bicyclic) bond motifs is 1. The number of aromatic nitrogens is 3. The van der Waals surface area contributed by atoms with Gasteiger partial charge in [0.1, 0.15) is 0 Å². The molecule has 0 aliphatic rings. The molecule has 120 valence electrons. The van der Waals surface area contributed by atoms with E-state index in [2.05, 4.69) is 20.1 Å². The Morgan fingerprint density at radius 1 is 1.26 bits per heavy atom. The van der Waals surface area contributed by atoms with E-state index in [9.17, 15) is 13.2 Å². The summed E-state index contributed by atoms with van der Waals surface area (Å²) < 4.78 is 28.6. The highest BCUT2D eigenvalue weighted by Crippen LogP contribution is 2.19. The number of hydrogen-bond acceptors (Lipinski definition) is 6. The van der Waals surface area contributed by atoms with Crippen LogP contribution < -0.4 is 10.0 Å². The number of nitrogens with zero attached hydrogens (tertiary/aromatic N) is 3. The summed E-state index contributed by atoms with van der Waals surface area (Å²) >= 11 is 1.38. The van der Waals surface area contributed by atoms with Crippen LogP contribution in [0.1, 0.15) is 12.6 Å². The summed E-state index contributed by atoms with van der Waals surface area (Å²) in [6.45, 7) is 3.24. The Bertz CT molecular complexity index is 973. The summed E-state index contributed by atoms with van der Waals surface area (Å²) in [5.74, 6) is -0.206. The van der Waals surface area contributed by atoms with E-state index in [-0.39, 0.29) is 16.8 Å². The van der Waals surface area contributed by atoms with Gasteiger partial charge in [0.15, 0.2) is 0 Å².